The third-order valence-corrected chi connectivity index (χ3v) is 3.82. The standard InChI is InChI=1S/C16H17BrN4O2/c1-10(22)19-12-4-2-3-11(7-12)16-20-13(8-15(17)21-16)14-9-18-5-6-23-14/h2-4,7-8,14,18H,5-6,9H2,1H3,(H,19,22). The van der Waals surface area contributed by atoms with Gasteiger partial charge in [0, 0.05) is 31.3 Å². The molecular weight excluding hydrogens is 360 g/mol. The van der Waals surface area contributed by atoms with Crippen molar-refractivity contribution in [2.75, 3.05) is 25.0 Å². The quantitative estimate of drug-likeness (QED) is 0.804. The lowest BCUT2D eigenvalue weighted by atomic mass is 10.1. The fourth-order valence-corrected chi connectivity index (χ4v) is 2.83. The maximum Gasteiger partial charge on any atom is 0.221 e. The average molecular weight is 377 g/mol. The Balaban J connectivity index is 1.93. The Hall–Kier alpha value is -1.83. The molecule has 1 saturated heterocycles. The van der Waals surface area contributed by atoms with E-state index in [1.165, 1.54) is 6.92 Å². The zero-order valence-electron chi connectivity index (χ0n) is 12.7. The second-order valence-electron chi connectivity index (χ2n) is 5.26. The Morgan fingerprint density at radius 3 is 3.00 bits per heavy atom. The minimum absolute atomic E-state index is 0.0830. The summed E-state index contributed by atoms with van der Waals surface area (Å²) in [7, 11) is 0. The van der Waals surface area contributed by atoms with Crippen molar-refractivity contribution in [3.05, 3.63) is 40.6 Å². The number of benzene rings is 1. The number of aromatic nitrogens is 2. The molecule has 120 valence electrons. The van der Waals surface area contributed by atoms with Crippen LogP contribution in [0.5, 0.6) is 0 Å². The van der Waals surface area contributed by atoms with Crippen molar-refractivity contribution in [3.8, 4) is 11.4 Å². The van der Waals surface area contributed by atoms with Gasteiger partial charge in [-0.2, -0.15) is 0 Å². The van der Waals surface area contributed by atoms with E-state index in [4.69, 9.17) is 4.74 Å². The molecule has 1 aromatic heterocycles. The van der Waals surface area contributed by atoms with Gasteiger partial charge in [0.25, 0.3) is 0 Å². The van der Waals surface area contributed by atoms with Crippen LogP contribution >= 0.6 is 15.9 Å². The number of morpholine rings is 1. The molecule has 2 heterocycles. The van der Waals surface area contributed by atoms with Crippen LogP contribution in [-0.4, -0.2) is 35.6 Å². The minimum Gasteiger partial charge on any atom is -0.369 e. The summed E-state index contributed by atoms with van der Waals surface area (Å²) < 4.78 is 6.46. The van der Waals surface area contributed by atoms with E-state index in [1.807, 2.05) is 30.3 Å². The van der Waals surface area contributed by atoms with Crippen LogP contribution in [0.2, 0.25) is 0 Å². The molecule has 7 heteroatoms. The van der Waals surface area contributed by atoms with Gasteiger partial charge < -0.3 is 15.4 Å². The number of carbonyl (C=O) groups excluding carboxylic acids is 1. The van der Waals surface area contributed by atoms with Crippen molar-refractivity contribution >= 4 is 27.5 Å². The van der Waals surface area contributed by atoms with Crippen LogP contribution in [0.1, 0.15) is 18.7 Å². The number of nitrogens with zero attached hydrogens (tertiary/aromatic N) is 2. The van der Waals surface area contributed by atoms with Gasteiger partial charge in [-0.1, -0.05) is 12.1 Å². The molecule has 2 aromatic rings. The molecule has 0 bridgehead atoms. The third-order valence-electron chi connectivity index (χ3n) is 3.41. The second-order valence-corrected chi connectivity index (χ2v) is 6.08. The SMILES string of the molecule is CC(=O)Nc1cccc(-c2nc(Br)cc(C3CNCCO3)n2)c1. The fraction of sp³-hybridized carbons (Fsp3) is 0.312. The number of halogens is 1. The van der Waals surface area contributed by atoms with Gasteiger partial charge in [-0.3, -0.25) is 4.79 Å². The minimum atomic E-state index is -0.111. The normalized spacial score (nSPS) is 17.7. The first-order valence-electron chi connectivity index (χ1n) is 7.36. The number of ether oxygens (including phenoxy) is 1. The first-order valence-corrected chi connectivity index (χ1v) is 8.16. The summed E-state index contributed by atoms with van der Waals surface area (Å²) in [6.07, 6.45) is -0.0830. The van der Waals surface area contributed by atoms with E-state index in [0.29, 0.717) is 17.0 Å². The highest BCUT2D eigenvalue weighted by atomic mass is 79.9. The molecule has 23 heavy (non-hydrogen) atoms. The van der Waals surface area contributed by atoms with Crippen molar-refractivity contribution < 1.29 is 9.53 Å². The average Bonchev–Trinajstić information content (AvgIpc) is 2.55. The lowest BCUT2D eigenvalue weighted by Gasteiger charge is -2.23. The number of rotatable bonds is 3. The molecule has 3 rings (SSSR count). The second kappa shape index (κ2) is 7.16. The number of hydrogen-bond acceptors (Lipinski definition) is 5. The summed E-state index contributed by atoms with van der Waals surface area (Å²) in [6, 6.07) is 9.34. The van der Waals surface area contributed by atoms with E-state index < -0.39 is 0 Å². The van der Waals surface area contributed by atoms with E-state index in [1.54, 1.807) is 0 Å². The van der Waals surface area contributed by atoms with Gasteiger partial charge in [0.2, 0.25) is 5.91 Å². The Bertz CT molecular complexity index is 717. The third kappa shape index (κ3) is 4.13. The molecule has 1 aliphatic rings. The van der Waals surface area contributed by atoms with Gasteiger partial charge in [-0.15, -0.1) is 0 Å². The zero-order chi connectivity index (χ0) is 16.2. The summed E-state index contributed by atoms with van der Waals surface area (Å²) in [5.41, 5.74) is 2.39. The van der Waals surface area contributed by atoms with Gasteiger partial charge in [-0.25, -0.2) is 9.97 Å². The number of carbonyl (C=O) groups is 1. The Morgan fingerprint density at radius 1 is 1.39 bits per heavy atom. The van der Waals surface area contributed by atoms with Gasteiger partial charge in [0.1, 0.15) is 10.7 Å². The van der Waals surface area contributed by atoms with Crippen molar-refractivity contribution in [2.45, 2.75) is 13.0 Å². The molecule has 1 aliphatic heterocycles. The molecule has 1 fully saturated rings. The molecule has 6 nitrogen and oxygen atoms in total. The van der Waals surface area contributed by atoms with E-state index in [-0.39, 0.29) is 12.0 Å². The Morgan fingerprint density at radius 2 is 2.26 bits per heavy atom. The summed E-state index contributed by atoms with van der Waals surface area (Å²) in [5, 5.41) is 6.06. The summed E-state index contributed by atoms with van der Waals surface area (Å²) in [5.74, 6) is 0.482. The molecule has 1 aromatic carbocycles. The molecule has 0 radical (unpaired) electrons. The smallest absolute Gasteiger partial charge is 0.221 e. The predicted molar refractivity (Wildman–Crippen MR) is 91.0 cm³/mol. The van der Waals surface area contributed by atoms with Gasteiger partial charge in [-0.05, 0) is 34.1 Å². The highest BCUT2D eigenvalue weighted by Crippen LogP contribution is 2.25. The highest BCUT2D eigenvalue weighted by Gasteiger charge is 2.19. The van der Waals surface area contributed by atoms with E-state index in [0.717, 1.165) is 30.0 Å². The number of amides is 1. The van der Waals surface area contributed by atoms with Gasteiger partial charge in [0.15, 0.2) is 5.82 Å². The maximum atomic E-state index is 11.2. The van der Waals surface area contributed by atoms with Crippen molar-refractivity contribution in [1.82, 2.24) is 15.3 Å². The van der Waals surface area contributed by atoms with Crippen LogP contribution in [0, 0.1) is 0 Å². The molecule has 0 spiro atoms. The van der Waals surface area contributed by atoms with Gasteiger partial charge in [0.05, 0.1) is 12.3 Å². The monoisotopic (exact) mass is 376 g/mol. The molecule has 0 aliphatic carbocycles. The van der Waals surface area contributed by atoms with E-state index in [9.17, 15) is 4.79 Å². The van der Waals surface area contributed by atoms with Crippen molar-refractivity contribution in [1.29, 1.82) is 0 Å². The number of anilines is 1. The van der Waals surface area contributed by atoms with Crippen LogP contribution in [0.15, 0.2) is 34.9 Å². The van der Waals surface area contributed by atoms with Crippen LogP contribution in [-0.2, 0) is 9.53 Å². The Kier molecular flexibility index (Phi) is 5.00. The highest BCUT2D eigenvalue weighted by molar-refractivity contribution is 9.10. The first kappa shape index (κ1) is 16.0. The first-order chi connectivity index (χ1) is 11.1. The van der Waals surface area contributed by atoms with Crippen molar-refractivity contribution in [2.24, 2.45) is 0 Å². The molecule has 1 unspecified atom stereocenters. The van der Waals surface area contributed by atoms with Crippen LogP contribution < -0.4 is 10.6 Å². The van der Waals surface area contributed by atoms with Crippen molar-refractivity contribution in [3.63, 3.8) is 0 Å². The largest absolute Gasteiger partial charge is 0.369 e. The van der Waals surface area contributed by atoms with E-state index in [2.05, 4.69) is 36.5 Å². The number of nitrogens with one attached hydrogen (secondary N) is 2. The maximum absolute atomic E-state index is 11.2. The van der Waals surface area contributed by atoms with Gasteiger partial charge >= 0.3 is 0 Å². The van der Waals surface area contributed by atoms with Crippen LogP contribution in [0.3, 0.4) is 0 Å². The topological polar surface area (TPSA) is 76.1 Å². The van der Waals surface area contributed by atoms with E-state index >= 15 is 0 Å². The summed E-state index contributed by atoms with van der Waals surface area (Å²) >= 11 is 3.44. The lowest BCUT2D eigenvalue weighted by Crippen LogP contribution is -2.33. The van der Waals surface area contributed by atoms with Crippen LogP contribution in [0.25, 0.3) is 11.4 Å². The lowest BCUT2D eigenvalue weighted by molar-refractivity contribution is -0.114. The molecule has 1 atom stereocenters. The summed E-state index contributed by atoms with van der Waals surface area (Å²) in [4.78, 5) is 20.3. The zero-order valence-corrected chi connectivity index (χ0v) is 14.3. The molecule has 0 saturated carbocycles. The fourth-order valence-electron chi connectivity index (χ4n) is 2.42. The summed E-state index contributed by atoms with van der Waals surface area (Å²) in [6.45, 7) is 3.73. The predicted octanol–water partition coefficient (Wildman–Crippen LogP) is 2.53. The van der Waals surface area contributed by atoms with Crippen LogP contribution in [0.4, 0.5) is 5.69 Å². The number of hydrogen-bond donors (Lipinski definition) is 2. The molecule has 2 N–H and O–H groups in total. The molecule has 1 amide bonds. The molecular formula is C16H17BrN4O2. The Labute approximate surface area is 142 Å².